The van der Waals surface area contributed by atoms with Crippen LogP contribution in [0.15, 0.2) is 24.3 Å². The highest BCUT2D eigenvalue weighted by atomic mass is 32.2. The van der Waals surface area contributed by atoms with E-state index in [1.165, 1.54) is 17.7 Å². The average molecular weight is 321 g/mol. The van der Waals surface area contributed by atoms with E-state index < -0.39 is 0 Å². The predicted octanol–water partition coefficient (Wildman–Crippen LogP) is 3.43. The minimum absolute atomic E-state index is 0.357. The Bertz CT molecular complexity index is 453. The summed E-state index contributed by atoms with van der Waals surface area (Å²) in [5.41, 5.74) is 2.64. The summed E-state index contributed by atoms with van der Waals surface area (Å²) in [6, 6.07) is 8.78. The number of hydrogen-bond acceptors (Lipinski definition) is 3. The van der Waals surface area contributed by atoms with Gasteiger partial charge in [0.05, 0.1) is 0 Å². The molecule has 3 nitrogen and oxygen atoms in total. The zero-order valence-corrected chi connectivity index (χ0v) is 14.7. The van der Waals surface area contributed by atoms with E-state index in [1.807, 2.05) is 16.7 Å². The molecule has 2 rings (SSSR count). The van der Waals surface area contributed by atoms with Crippen LogP contribution in [-0.4, -0.2) is 49.5 Å². The van der Waals surface area contributed by atoms with Crippen LogP contribution in [0.4, 0.5) is 5.69 Å². The molecule has 1 aliphatic heterocycles. The number of carbonyl (C=O) groups is 1. The van der Waals surface area contributed by atoms with Crippen LogP contribution in [0.25, 0.3) is 0 Å². The van der Waals surface area contributed by atoms with E-state index in [0.717, 1.165) is 50.3 Å². The Morgan fingerprint density at radius 1 is 1.09 bits per heavy atom. The number of rotatable bonds is 7. The largest absolute Gasteiger partial charge is 0.378 e. The van der Waals surface area contributed by atoms with Gasteiger partial charge in [-0.3, -0.25) is 4.79 Å². The molecule has 0 spiro atoms. The normalized spacial score (nSPS) is 14.9. The maximum Gasteiger partial charge on any atom is 0.222 e. The number of benzene rings is 1. The Morgan fingerprint density at radius 2 is 1.77 bits per heavy atom. The van der Waals surface area contributed by atoms with Gasteiger partial charge in [-0.25, -0.2) is 0 Å². The fourth-order valence-electron chi connectivity index (χ4n) is 2.71. The van der Waals surface area contributed by atoms with Crippen LogP contribution in [0, 0.1) is 0 Å². The van der Waals surface area contributed by atoms with Crippen molar-refractivity contribution in [2.75, 3.05) is 43.6 Å². The summed E-state index contributed by atoms with van der Waals surface area (Å²) in [5.74, 6) is 2.57. The third-order valence-electron chi connectivity index (χ3n) is 4.17. The lowest BCUT2D eigenvalue weighted by Gasteiger charge is -2.26. The summed E-state index contributed by atoms with van der Waals surface area (Å²) in [6.07, 6.45) is 5.18. The molecular weight excluding hydrogens is 292 g/mol. The first-order chi connectivity index (χ1) is 10.7. The third-order valence-corrected chi connectivity index (χ3v) is 5.12. The molecule has 22 heavy (non-hydrogen) atoms. The first-order valence-corrected chi connectivity index (χ1v) is 9.44. The van der Waals surface area contributed by atoms with Gasteiger partial charge in [-0.05, 0) is 37.0 Å². The first kappa shape index (κ1) is 17.2. The number of unbranched alkanes of at least 4 members (excludes halogenated alkanes) is 2. The van der Waals surface area contributed by atoms with Crippen LogP contribution in [0.3, 0.4) is 0 Å². The highest BCUT2D eigenvalue weighted by Gasteiger charge is 2.15. The topological polar surface area (TPSA) is 23.6 Å². The van der Waals surface area contributed by atoms with Crippen molar-refractivity contribution in [3.05, 3.63) is 29.8 Å². The highest BCUT2D eigenvalue weighted by Crippen LogP contribution is 2.15. The number of thioether (sulfide) groups is 1. The van der Waals surface area contributed by atoms with Gasteiger partial charge in [0.25, 0.3) is 0 Å². The average Bonchev–Trinajstić information content (AvgIpc) is 2.55. The smallest absolute Gasteiger partial charge is 0.222 e. The number of anilines is 1. The van der Waals surface area contributed by atoms with Gasteiger partial charge < -0.3 is 9.80 Å². The molecule has 0 N–H and O–H groups in total. The fourth-order valence-corrected chi connectivity index (χ4v) is 3.62. The Hall–Kier alpha value is -1.16. The molecule has 1 saturated heterocycles. The molecule has 0 unspecified atom stereocenters. The molecular formula is C18H28N2OS. The Kier molecular flexibility index (Phi) is 7.10. The van der Waals surface area contributed by atoms with Gasteiger partial charge in [-0.1, -0.05) is 18.6 Å². The Balaban J connectivity index is 1.59. The van der Waals surface area contributed by atoms with Crippen molar-refractivity contribution in [1.29, 1.82) is 0 Å². The van der Waals surface area contributed by atoms with Crippen LogP contribution in [-0.2, 0) is 11.2 Å². The zero-order chi connectivity index (χ0) is 15.8. The molecule has 1 heterocycles. The lowest BCUT2D eigenvalue weighted by atomic mass is 10.1. The summed E-state index contributed by atoms with van der Waals surface area (Å²) >= 11 is 1.95. The van der Waals surface area contributed by atoms with Crippen LogP contribution in [0.5, 0.6) is 0 Å². The van der Waals surface area contributed by atoms with Gasteiger partial charge in [-0.15, -0.1) is 0 Å². The van der Waals surface area contributed by atoms with Gasteiger partial charge in [-0.2, -0.15) is 11.8 Å². The zero-order valence-electron chi connectivity index (χ0n) is 13.9. The summed E-state index contributed by atoms with van der Waals surface area (Å²) in [7, 11) is 4.13. The molecule has 4 heteroatoms. The molecule has 0 aliphatic carbocycles. The molecule has 1 fully saturated rings. The molecule has 1 amide bonds. The van der Waals surface area contributed by atoms with E-state index in [4.69, 9.17) is 0 Å². The van der Waals surface area contributed by atoms with Crippen molar-refractivity contribution in [2.24, 2.45) is 0 Å². The van der Waals surface area contributed by atoms with Gasteiger partial charge in [0.2, 0.25) is 5.91 Å². The highest BCUT2D eigenvalue weighted by molar-refractivity contribution is 7.99. The molecule has 1 aromatic rings. The van der Waals surface area contributed by atoms with Gasteiger partial charge in [0.1, 0.15) is 0 Å². The second-order valence-corrected chi connectivity index (χ2v) is 7.34. The van der Waals surface area contributed by atoms with Crippen LogP contribution in [0.1, 0.15) is 31.2 Å². The van der Waals surface area contributed by atoms with Gasteiger partial charge >= 0.3 is 0 Å². The van der Waals surface area contributed by atoms with E-state index in [0.29, 0.717) is 5.91 Å². The predicted molar refractivity (Wildman–Crippen MR) is 96.8 cm³/mol. The van der Waals surface area contributed by atoms with Crippen molar-refractivity contribution >= 4 is 23.4 Å². The van der Waals surface area contributed by atoms with E-state index in [9.17, 15) is 4.79 Å². The van der Waals surface area contributed by atoms with Gasteiger partial charge in [0.15, 0.2) is 0 Å². The summed E-state index contributed by atoms with van der Waals surface area (Å²) in [5, 5.41) is 0. The van der Waals surface area contributed by atoms with Gasteiger partial charge in [0, 0.05) is 50.8 Å². The van der Waals surface area contributed by atoms with Crippen molar-refractivity contribution in [2.45, 2.75) is 32.1 Å². The molecule has 0 aromatic heterocycles. The molecule has 1 aromatic carbocycles. The minimum Gasteiger partial charge on any atom is -0.378 e. The number of nitrogens with zero attached hydrogens (tertiary/aromatic N) is 2. The summed E-state index contributed by atoms with van der Waals surface area (Å²) in [6.45, 7) is 1.89. The molecule has 0 radical (unpaired) electrons. The lowest BCUT2D eigenvalue weighted by molar-refractivity contribution is -0.130. The monoisotopic (exact) mass is 320 g/mol. The van der Waals surface area contributed by atoms with E-state index in [2.05, 4.69) is 43.3 Å². The SMILES string of the molecule is CN(C)c1ccc(CCCCCC(=O)N2CCSCC2)cc1. The minimum atomic E-state index is 0.357. The lowest BCUT2D eigenvalue weighted by Crippen LogP contribution is -2.37. The number of carbonyl (C=O) groups excluding carboxylic acids is 1. The summed E-state index contributed by atoms with van der Waals surface area (Å²) in [4.78, 5) is 16.2. The van der Waals surface area contributed by atoms with E-state index in [1.54, 1.807) is 0 Å². The quantitative estimate of drug-likeness (QED) is 0.719. The Morgan fingerprint density at radius 3 is 2.41 bits per heavy atom. The van der Waals surface area contributed by atoms with Crippen molar-refractivity contribution < 1.29 is 4.79 Å². The fraction of sp³-hybridized carbons (Fsp3) is 0.611. The van der Waals surface area contributed by atoms with Crippen molar-refractivity contribution in [1.82, 2.24) is 4.90 Å². The second kappa shape index (κ2) is 9.09. The number of aryl methyl sites for hydroxylation is 1. The Labute approximate surface area is 139 Å². The standard InChI is InChI=1S/C18H28N2OS/c1-19(2)17-10-8-16(9-11-17)6-4-3-5-7-18(21)20-12-14-22-15-13-20/h8-11H,3-7,12-15H2,1-2H3. The van der Waals surface area contributed by atoms with E-state index >= 15 is 0 Å². The van der Waals surface area contributed by atoms with Crippen LogP contribution < -0.4 is 4.90 Å². The molecule has 122 valence electrons. The van der Waals surface area contributed by atoms with Crippen molar-refractivity contribution in [3.8, 4) is 0 Å². The van der Waals surface area contributed by atoms with Crippen LogP contribution in [0.2, 0.25) is 0 Å². The van der Waals surface area contributed by atoms with E-state index in [-0.39, 0.29) is 0 Å². The number of amides is 1. The maximum absolute atomic E-state index is 12.0. The first-order valence-electron chi connectivity index (χ1n) is 8.28. The van der Waals surface area contributed by atoms with Crippen molar-refractivity contribution in [3.63, 3.8) is 0 Å². The molecule has 0 atom stereocenters. The van der Waals surface area contributed by atoms with Crippen LogP contribution >= 0.6 is 11.8 Å². The maximum atomic E-state index is 12.0. The molecule has 0 saturated carbocycles. The molecule has 0 bridgehead atoms. The third kappa shape index (κ3) is 5.56. The summed E-state index contributed by atoms with van der Waals surface area (Å²) < 4.78 is 0. The number of hydrogen-bond donors (Lipinski definition) is 0. The second-order valence-electron chi connectivity index (χ2n) is 6.11. The molecule has 1 aliphatic rings.